The van der Waals surface area contributed by atoms with Gasteiger partial charge in [-0.1, -0.05) is 0 Å². The maximum atomic E-state index is 12.8. The van der Waals surface area contributed by atoms with Crippen molar-refractivity contribution in [1.29, 1.82) is 0 Å². The van der Waals surface area contributed by atoms with Crippen LogP contribution in [-0.2, 0) is 19.6 Å². The van der Waals surface area contributed by atoms with Gasteiger partial charge in [0.2, 0.25) is 10.0 Å². The number of nitrogens with zero attached hydrogens (tertiary/aromatic N) is 1. The Balaban J connectivity index is 2.54. The number of esters is 1. The average molecular weight is 343 g/mol. The second-order valence-corrected chi connectivity index (χ2v) is 6.83. The number of methoxy groups -OCH3 is 2. The quantitative estimate of drug-likeness (QED) is 0.784. The molecule has 0 bridgehead atoms. The van der Waals surface area contributed by atoms with Gasteiger partial charge in [0.25, 0.3) is 0 Å². The summed E-state index contributed by atoms with van der Waals surface area (Å²) in [5.74, 6) is -1.86. The summed E-state index contributed by atoms with van der Waals surface area (Å²) in [6.07, 6.45) is 0.697. The van der Waals surface area contributed by atoms with E-state index in [0.717, 1.165) is 10.4 Å². The van der Waals surface area contributed by atoms with E-state index in [4.69, 9.17) is 4.74 Å². The highest BCUT2D eigenvalue weighted by Gasteiger charge is 2.40. The van der Waals surface area contributed by atoms with Gasteiger partial charge in [0.15, 0.2) is 0 Å². The Kier molecular flexibility index (Phi) is 4.90. The van der Waals surface area contributed by atoms with Crippen molar-refractivity contribution >= 4 is 22.0 Å². The molecule has 126 valence electrons. The van der Waals surface area contributed by atoms with E-state index in [9.17, 15) is 23.1 Å². The molecular weight excluding hydrogens is 326 g/mol. The van der Waals surface area contributed by atoms with Crippen molar-refractivity contribution in [3.05, 3.63) is 23.8 Å². The summed E-state index contributed by atoms with van der Waals surface area (Å²) in [5, 5.41) is 9.19. The first kappa shape index (κ1) is 17.2. The summed E-state index contributed by atoms with van der Waals surface area (Å²) in [6, 6.07) is 2.73. The molecule has 0 saturated carbocycles. The molecule has 0 amide bonds. The number of hydrogen-bond acceptors (Lipinski definition) is 6. The molecule has 9 heteroatoms. The normalized spacial score (nSPS) is 18.6. The van der Waals surface area contributed by atoms with E-state index in [0.29, 0.717) is 6.42 Å². The second kappa shape index (κ2) is 6.55. The zero-order valence-electron chi connectivity index (χ0n) is 12.7. The lowest BCUT2D eigenvalue weighted by Crippen LogP contribution is -2.40. The molecule has 2 rings (SSSR count). The first-order chi connectivity index (χ1) is 10.8. The molecule has 1 saturated heterocycles. The molecule has 1 aromatic carbocycles. The molecule has 0 aromatic heterocycles. The molecular formula is C14H17NO7S. The van der Waals surface area contributed by atoms with Crippen LogP contribution in [0.15, 0.2) is 23.1 Å². The van der Waals surface area contributed by atoms with Gasteiger partial charge in [-0.25, -0.2) is 13.2 Å². The predicted molar refractivity (Wildman–Crippen MR) is 78.9 cm³/mol. The molecule has 1 N–H and O–H groups in total. The number of hydrogen-bond donors (Lipinski definition) is 1. The fourth-order valence-electron chi connectivity index (χ4n) is 2.52. The molecule has 0 aliphatic carbocycles. The zero-order valence-corrected chi connectivity index (χ0v) is 13.5. The minimum atomic E-state index is -4.12. The lowest BCUT2D eigenvalue weighted by Gasteiger charge is -2.22. The van der Waals surface area contributed by atoms with E-state index in [-0.39, 0.29) is 29.2 Å². The van der Waals surface area contributed by atoms with E-state index in [1.165, 1.54) is 26.4 Å². The monoisotopic (exact) mass is 343 g/mol. The number of carboxylic acids is 1. The second-order valence-electron chi connectivity index (χ2n) is 4.97. The van der Waals surface area contributed by atoms with Crippen molar-refractivity contribution in [3.63, 3.8) is 0 Å². The van der Waals surface area contributed by atoms with Crippen LogP contribution in [0.25, 0.3) is 0 Å². The third kappa shape index (κ3) is 3.15. The predicted octanol–water partition coefficient (Wildman–Crippen LogP) is 0.719. The summed E-state index contributed by atoms with van der Waals surface area (Å²) >= 11 is 0. The summed E-state index contributed by atoms with van der Waals surface area (Å²) in [7, 11) is -1.64. The fraction of sp³-hybridized carbons (Fsp3) is 0.429. The van der Waals surface area contributed by atoms with Crippen molar-refractivity contribution in [2.75, 3.05) is 20.8 Å². The van der Waals surface area contributed by atoms with E-state index >= 15 is 0 Å². The van der Waals surface area contributed by atoms with E-state index in [1.807, 2.05) is 0 Å². The largest absolute Gasteiger partial charge is 0.495 e. The van der Waals surface area contributed by atoms with Gasteiger partial charge in [-0.15, -0.1) is 0 Å². The molecule has 1 unspecified atom stereocenters. The molecule has 1 atom stereocenters. The fourth-order valence-corrected chi connectivity index (χ4v) is 4.36. The summed E-state index contributed by atoms with van der Waals surface area (Å²) in [6.45, 7) is 0.102. The standard InChI is InChI=1S/C14H17NO7S/c1-21-11-6-5-9(14(18)22-2)8-12(11)23(19,20)15-7-3-4-10(15)13(16)17/h5-6,8,10H,3-4,7H2,1-2H3,(H,16,17). The average Bonchev–Trinajstić information content (AvgIpc) is 3.04. The van der Waals surface area contributed by atoms with Crippen molar-refractivity contribution in [3.8, 4) is 5.75 Å². The van der Waals surface area contributed by atoms with Crippen LogP contribution in [0.4, 0.5) is 0 Å². The van der Waals surface area contributed by atoms with Gasteiger partial charge >= 0.3 is 11.9 Å². The topological polar surface area (TPSA) is 110 Å². The smallest absolute Gasteiger partial charge is 0.337 e. The van der Waals surface area contributed by atoms with E-state index in [2.05, 4.69) is 4.74 Å². The number of ether oxygens (including phenoxy) is 2. The molecule has 23 heavy (non-hydrogen) atoms. The minimum Gasteiger partial charge on any atom is -0.495 e. The van der Waals surface area contributed by atoms with Crippen LogP contribution in [0.1, 0.15) is 23.2 Å². The number of benzene rings is 1. The third-order valence-corrected chi connectivity index (χ3v) is 5.59. The summed E-state index contributed by atoms with van der Waals surface area (Å²) in [4.78, 5) is 22.6. The van der Waals surface area contributed by atoms with Crippen LogP contribution >= 0.6 is 0 Å². The van der Waals surface area contributed by atoms with Crippen LogP contribution in [0.5, 0.6) is 5.75 Å². The van der Waals surface area contributed by atoms with Crippen molar-refractivity contribution in [2.24, 2.45) is 0 Å². The number of carbonyl (C=O) groups excluding carboxylic acids is 1. The molecule has 1 aliphatic rings. The van der Waals surface area contributed by atoms with Crippen molar-refractivity contribution in [2.45, 2.75) is 23.8 Å². The highest BCUT2D eigenvalue weighted by Crippen LogP contribution is 2.32. The van der Waals surface area contributed by atoms with Crippen molar-refractivity contribution < 1.29 is 32.6 Å². The Labute approximate surface area is 133 Å². The van der Waals surface area contributed by atoms with Gasteiger partial charge in [0.1, 0.15) is 16.7 Å². The highest BCUT2D eigenvalue weighted by molar-refractivity contribution is 7.89. The molecule has 1 heterocycles. The SMILES string of the molecule is COC(=O)c1ccc(OC)c(S(=O)(=O)N2CCCC2C(=O)O)c1. The highest BCUT2D eigenvalue weighted by atomic mass is 32.2. The molecule has 0 radical (unpaired) electrons. The number of rotatable bonds is 5. The van der Waals surface area contributed by atoms with Crippen LogP contribution < -0.4 is 4.74 Å². The Morgan fingerprint density at radius 3 is 2.57 bits per heavy atom. The lowest BCUT2D eigenvalue weighted by molar-refractivity contribution is -0.140. The molecule has 1 aromatic rings. The van der Waals surface area contributed by atoms with Crippen LogP contribution in [0.3, 0.4) is 0 Å². The van der Waals surface area contributed by atoms with Crippen LogP contribution in [-0.4, -0.2) is 56.6 Å². The lowest BCUT2D eigenvalue weighted by atomic mass is 10.2. The number of aliphatic carboxylic acids is 1. The van der Waals surface area contributed by atoms with Crippen LogP contribution in [0, 0.1) is 0 Å². The van der Waals surface area contributed by atoms with E-state index < -0.39 is 28.0 Å². The van der Waals surface area contributed by atoms with Gasteiger partial charge in [-0.3, -0.25) is 4.79 Å². The molecule has 0 spiro atoms. The summed E-state index contributed by atoms with van der Waals surface area (Å²) < 4.78 is 36.2. The molecule has 8 nitrogen and oxygen atoms in total. The van der Waals surface area contributed by atoms with Gasteiger partial charge in [-0.2, -0.15) is 4.31 Å². The maximum absolute atomic E-state index is 12.8. The minimum absolute atomic E-state index is 0.0358. The Hall–Kier alpha value is -2.13. The van der Waals surface area contributed by atoms with Crippen molar-refractivity contribution in [1.82, 2.24) is 4.31 Å². The van der Waals surface area contributed by atoms with E-state index in [1.54, 1.807) is 0 Å². The summed E-state index contributed by atoms with van der Waals surface area (Å²) in [5.41, 5.74) is 0.0398. The zero-order chi connectivity index (χ0) is 17.2. The number of carbonyl (C=O) groups is 2. The van der Waals surface area contributed by atoms with Gasteiger partial charge < -0.3 is 14.6 Å². The van der Waals surface area contributed by atoms with Gasteiger partial charge in [-0.05, 0) is 31.0 Å². The van der Waals surface area contributed by atoms with Crippen LogP contribution in [0.2, 0.25) is 0 Å². The first-order valence-corrected chi connectivity index (χ1v) is 8.28. The number of sulfonamides is 1. The Morgan fingerprint density at radius 2 is 2.00 bits per heavy atom. The Morgan fingerprint density at radius 1 is 1.30 bits per heavy atom. The maximum Gasteiger partial charge on any atom is 0.337 e. The molecule has 1 fully saturated rings. The molecule has 1 aliphatic heterocycles. The van der Waals surface area contributed by atoms with Gasteiger partial charge in [0.05, 0.1) is 19.8 Å². The first-order valence-electron chi connectivity index (χ1n) is 6.84. The number of carboxylic acid groups (broad SMARTS) is 1. The third-order valence-electron chi connectivity index (χ3n) is 3.66. The van der Waals surface area contributed by atoms with Gasteiger partial charge in [0, 0.05) is 6.54 Å². The Bertz CT molecular complexity index is 729.